The van der Waals surface area contributed by atoms with Crippen LogP contribution in [-0.2, 0) is 0 Å². The van der Waals surface area contributed by atoms with Crippen molar-refractivity contribution in [1.82, 2.24) is 15.0 Å². The van der Waals surface area contributed by atoms with Crippen molar-refractivity contribution in [2.45, 2.75) is 0 Å². The molecule has 0 aliphatic carbocycles. The first-order valence-electron chi connectivity index (χ1n) is 5.02. The molecule has 0 saturated heterocycles. The van der Waals surface area contributed by atoms with E-state index in [1.807, 2.05) is 36.0 Å². The highest BCUT2D eigenvalue weighted by atomic mass is 15.3. The third-order valence-corrected chi connectivity index (χ3v) is 1.93. The topological polar surface area (TPSA) is 45.2 Å². The van der Waals surface area contributed by atoms with E-state index in [2.05, 4.69) is 28.1 Å². The molecule has 0 aliphatic heterocycles. The third-order valence-electron chi connectivity index (χ3n) is 1.93. The van der Waals surface area contributed by atoms with Crippen LogP contribution in [0.2, 0.25) is 0 Å². The fraction of sp³-hybridized carbons (Fsp3) is 0.364. The molecule has 0 unspecified atom stereocenters. The second-order valence-electron chi connectivity index (χ2n) is 3.46. The lowest BCUT2D eigenvalue weighted by atomic mass is 10.5. The van der Waals surface area contributed by atoms with E-state index in [4.69, 9.17) is 0 Å². The summed E-state index contributed by atoms with van der Waals surface area (Å²) in [5.74, 6) is 1.28. The highest BCUT2D eigenvalue weighted by Crippen LogP contribution is 2.09. The number of hydrogen-bond donors (Lipinski definition) is 0. The summed E-state index contributed by atoms with van der Waals surface area (Å²) in [4.78, 5) is 16.4. The molecule has 16 heavy (non-hydrogen) atoms. The summed E-state index contributed by atoms with van der Waals surface area (Å²) in [5.41, 5.74) is 0. The molecular weight excluding hydrogens is 202 g/mol. The van der Waals surface area contributed by atoms with Crippen LogP contribution >= 0.6 is 0 Å². The summed E-state index contributed by atoms with van der Waals surface area (Å²) >= 11 is 0. The maximum Gasteiger partial charge on any atom is 0.230 e. The summed E-state index contributed by atoms with van der Waals surface area (Å²) in [6.45, 7) is 8.78. The third kappa shape index (κ3) is 3.05. The zero-order valence-electron chi connectivity index (χ0n) is 9.80. The number of nitrogens with zero attached hydrogens (tertiary/aromatic N) is 5. The Bertz CT molecular complexity index is 351. The summed E-state index contributed by atoms with van der Waals surface area (Å²) in [5, 5.41) is 0. The minimum Gasteiger partial charge on any atom is -0.347 e. The minimum absolute atomic E-state index is 0.638. The average molecular weight is 219 g/mol. The fourth-order valence-corrected chi connectivity index (χ4v) is 1.20. The van der Waals surface area contributed by atoms with Gasteiger partial charge in [0.05, 0.1) is 0 Å². The Labute approximate surface area is 96.2 Å². The van der Waals surface area contributed by atoms with Gasteiger partial charge in [-0.15, -0.1) is 13.2 Å². The van der Waals surface area contributed by atoms with E-state index in [1.54, 1.807) is 0 Å². The van der Waals surface area contributed by atoms with Crippen LogP contribution in [0.5, 0.6) is 0 Å². The molecule has 1 aromatic rings. The van der Waals surface area contributed by atoms with Gasteiger partial charge in [0.2, 0.25) is 11.9 Å². The number of hydrogen-bond acceptors (Lipinski definition) is 5. The van der Waals surface area contributed by atoms with Crippen LogP contribution in [-0.4, -0.2) is 42.1 Å². The van der Waals surface area contributed by atoms with Gasteiger partial charge in [-0.2, -0.15) is 4.98 Å². The van der Waals surface area contributed by atoms with E-state index in [9.17, 15) is 0 Å². The van der Waals surface area contributed by atoms with E-state index < -0.39 is 0 Å². The van der Waals surface area contributed by atoms with Crippen molar-refractivity contribution in [3.63, 3.8) is 0 Å². The van der Waals surface area contributed by atoms with Crippen LogP contribution in [0.1, 0.15) is 0 Å². The Kier molecular flexibility index (Phi) is 4.44. The van der Waals surface area contributed by atoms with Gasteiger partial charge in [0.1, 0.15) is 6.33 Å². The van der Waals surface area contributed by atoms with Gasteiger partial charge >= 0.3 is 0 Å². The average Bonchev–Trinajstić information content (AvgIpc) is 2.29. The lowest BCUT2D eigenvalue weighted by molar-refractivity contribution is 0.857. The Morgan fingerprint density at radius 3 is 2.19 bits per heavy atom. The first-order chi connectivity index (χ1) is 7.69. The van der Waals surface area contributed by atoms with Gasteiger partial charge in [0, 0.05) is 27.2 Å². The molecule has 0 bridgehead atoms. The van der Waals surface area contributed by atoms with E-state index in [-0.39, 0.29) is 0 Å². The van der Waals surface area contributed by atoms with Crippen LogP contribution in [0.4, 0.5) is 11.9 Å². The van der Waals surface area contributed by atoms with Crippen molar-refractivity contribution in [2.24, 2.45) is 0 Å². The van der Waals surface area contributed by atoms with E-state index in [1.165, 1.54) is 6.33 Å². The van der Waals surface area contributed by atoms with Gasteiger partial charge in [0.25, 0.3) is 0 Å². The van der Waals surface area contributed by atoms with Gasteiger partial charge in [0.15, 0.2) is 0 Å². The maximum atomic E-state index is 4.34. The molecule has 0 aromatic carbocycles. The molecule has 1 heterocycles. The summed E-state index contributed by atoms with van der Waals surface area (Å²) in [6, 6.07) is 0. The predicted molar refractivity (Wildman–Crippen MR) is 66.8 cm³/mol. The van der Waals surface area contributed by atoms with Crippen molar-refractivity contribution in [2.75, 3.05) is 37.0 Å². The molecule has 86 valence electrons. The van der Waals surface area contributed by atoms with E-state index in [0.29, 0.717) is 25.0 Å². The SMILES string of the molecule is C=CCN(CC=C)c1ncnc(N(C)C)n1. The van der Waals surface area contributed by atoms with Crippen molar-refractivity contribution >= 4 is 11.9 Å². The normalized spacial score (nSPS) is 9.62. The number of aromatic nitrogens is 3. The molecule has 0 fully saturated rings. The predicted octanol–water partition coefficient (Wildman–Crippen LogP) is 1.12. The first-order valence-corrected chi connectivity index (χ1v) is 5.02. The lowest BCUT2D eigenvalue weighted by Gasteiger charge is -2.20. The molecule has 0 amide bonds. The van der Waals surface area contributed by atoms with Gasteiger partial charge in [-0.3, -0.25) is 0 Å². The minimum atomic E-state index is 0.638. The van der Waals surface area contributed by atoms with Crippen LogP contribution in [0.25, 0.3) is 0 Å². The molecule has 0 saturated carbocycles. The highest BCUT2D eigenvalue weighted by Gasteiger charge is 2.08. The second-order valence-corrected chi connectivity index (χ2v) is 3.46. The molecule has 5 heteroatoms. The van der Waals surface area contributed by atoms with Gasteiger partial charge in [-0.25, -0.2) is 9.97 Å². The van der Waals surface area contributed by atoms with Crippen LogP contribution < -0.4 is 9.80 Å². The standard InChI is InChI=1S/C11H17N5/c1-5-7-16(8-6-2)11-13-9-12-10(14-11)15(3)4/h5-6,9H,1-2,7-8H2,3-4H3. The molecule has 0 N–H and O–H groups in total. The van der Waals surface area contributed by atoms with E-state index in [0.717, 1.165) is 0 Å². The van der Waals surface area contributed by atoms with Gasteiger partial charge in [-0.05, 0) is 0 Å². The summed E-state index contributed by atoms with van der Waals surface area (Å²) < 4.78 is 0. The van der Waals surface area contributed by atoms with Crippen molar-refractivity contribution < 1.29 is 0 Å². The Hall–Kier alpha value is -1.91. The number of anilines is 2. The Morgan fingerprint density at radius 2 is 1.69 bits per heavy atom. The smallest absolute Gasteiger partial charge is 0.230 e. The summed E-state index contributed by atoms with van der Waals surface area (Å²) in [6.07, 6.45) is 5.13. The zero-order chi connectivity index (χ0) is 12.0. The van der Waals surface area contributed by atoms with Gasteiger partial charge in [-0.1, -0.05) is 12.2 Å². The van der Waals surface area contributed by atoms with Crippen LogP contribution in [0, 0.1) is 0 Å². The molecular formula is C11H17N5. The van der Waals surface area contributed by atoms with Crippen LogP contribution in [0.3, 0.4) is 0 Å². The fourth-order valence-electron chi connectivity index (χ4n) is 1.20. The highest BCUT2D eigenvalue weighted by molar-refractivity contribution is 5.37. The van der Waals surface area contributed by atoms with Crippen molar-refractivity contribution in [1.29, 1.82) is 0 Å². The molecule has 1 rings (SSSR count). The molecule has 0 atom stereocenters. The number of rotatable bonds is 6. The Morgan fingerprint density at radius 1 is 1.12 bits per heavy atom. The maximum absolute atomic E-state index is 4.34. The van der Waals surface area contributed by atoms with E-state index >= 15 is 0 Å². The quantitative estimate of drug-likeness (QED) is 0.671. The monoisotopic (exact) mass is 219 g/mol. The first kappa shape index (κ1) is 12.2. The van der Waals surface area contributed by atoms with Crippen molar-refractivity contribution in [3.8, 4) is 0 Å². The second kappa shape index (κ2) is 5.85. The summed E-state index contributed by atoms with van der Waals surface area (Å²) in [7, 11) is 3.79. The molecule has 1 aromatic heterocycles. The molecule has 0 spiro atoms. The molecule has 0 aliphatic rings. The van der Waals surface area contributed by atoms with Gasteiger partial charge < -0.3 is 9.80 Å². The largest absolute Gasteiger partial charge is 0.347 e. The van der Waals surface area contributed by atoms with Crippen LogP contribution in [0.15, 0.2) is 31.6 Å². The lowest BCUT2D eigenvalue weighted by Crippen LogP contribution is -2.26. The zero-order valence-corrected chi connectivity index (χ0v) is 9.80. The molecule has 5 nitrogen and oxygen atoms in total. The van der Waals surface area contributed by atoms with Crippen molar-refractivity contribution in [3.05, 3.63) is 31.6 Å². The molecule has 0 radical (unpaired) electrons. The Balaban J connectivity index is 2.94.